The smallest absolute Gasteiger partial charge is 0.234 e. The van der Waals surface area contributed by atoms with Crippen LogP contribution >= 0.6 is 11.8 Å². The molecule has 1 amide bonds. The fourth-order valence-corrected chi connectivity index (χ4v) is 3.41. The standard InChI is InChI=1S/C14H21N7OS/c1-20-8-11(7-16-20)17-12(22)9-23-14-19-18-13(21(14)2)10-4-3-5-15-6-10/h7-8,10,15H,3-6,9H2,1-2H3,(H,17,22)/t10-/m1/s1. The third-order valence-corrected chi connectivity index (χ3v) is 4.87. The summed E-state index contributed by atoms with van der Waals surface area (Å²) in [6.07, 6.45) is 5.68. The highest BCUT2D eigenvalue weighted by Gasteiger charge is 2.22. The Morgan fingerprint density at radius 2 is 2.35 bits per heavy atom. The summed E-state index contributed by atoms with van der Waals surface area (Å²) in [5.74, 6) is 1.61. The van der Waals surface area contributed by atoms with Crippen molar-refractivity contribution in [3.8, 4) is 0 Å². The molecule has 2 N–H and O–H groups in total. The van der Waals surface area contributed by atoms with Gasteiger partial charge in [-0.2, -0.15) is 5.10 Å². The molecule has 3 heterocycles. The molecule has 1 aliphatic heterocycles. The Labute approximate surface area is 139 Å². The molecule has 2 aromatic heterocycles. The van der Waals surface area contributed by atoms with Crippen molar-refractivity contribution in [3.05, 3.63) is 18.2 Å². The first kappa shape index (κ1) is 16.0. The number of aryl methyl sites for hydroxylation is 1. The van der Waals surface area contributed by atoms with Crippen molar-refractivity contribution in [2.24, 2.45) is 14.1 Å². The summed E-state index contributed by atoms with van der Waals surface area (Å²) in [6.45, 7) is 2.02. The number of nitrogens with one attached hydrogen (secondary N) is 2. The maximum Gasteiger partial charge on any atom is 0.234 e. The van der Waals surface area contributed by atoms with E-state index < -0.39 is 0 Å². The number of amides is 1. The fraction of sp³-hybridized carbons (Fsp3) is 0.571. The monoisotopic (exact) mass is 335 g/mol. The molecule has 1 atom stereocenters. The zero-order valence-electron chi connectivity index (χ0n) is 13.3. The molecule has 3 rings (SSSR count). The maximum absolute atomic E-state index is 12.0. The predicted molar refractivity (Wildman–Crippen MR) is 88.4 cm³/mol. The van der Waals surface area contributed by atoms with Crippen LogP contribution in [0.15, 0.2) is 17.6 Å². The Balaban J connectivity index is 1.55. The van der Waals surface area contributed by atoms with Crippen LogP contribution in [0, 0.1) is 0 Å². The van der Waals surface area contributed by atoms with Crippen LogP contribution in [0.5, 0.6) is 0 Å². The maximum atomic E-state index is 12.0. The molecule has 0 aromatic carbocycles. The number of hydrogen-bond acceptors (Lipinski definition) is 6. The molecule has 23 heavy (non-hydrogen) atoms. The third kappa shape index (κ3) is 3.91. The highest BCUT2D eigenvalue weighted by molar-refractivity contribution is 7.99. The number of nitrogens with zero attached hydrogens (tertiary/aromatic N) is 5. The lowest BCUT2D eigenvalue weighted by Gasteiger charge is -2.21. The summed E-state index contributed by atoms with van der Waals surface area (Å²) in [7, 11) is 3.77. The quantitative estimate of drug-likeness (QED) is 0.784. The fourth-order valence-electron chi connectivity index (χ4n) is 2.69. The molecular formula is C14H21N7OS. The van der Waals surface area contributed by atoms with Crippen molar-refractivity contribution >= 4 is 23.4 Å². The molecule has 124 valence electrons. The number of rotatable bonds is 5. The van der Waals surface area contributed by atoms with Gasteiger partial charge in [0.15, 0.2) is 5.16 Å². The van der Waals surface area contributed by atoms with E-state index in [-0.39, 0.29) is 5.91 Å². The van der Waals surface area contributed by atoms with Crippen molar-refractivity contribution in [2.45, 2.75) is 23.9 Å². The summed E-state index contributed by atoms with van der Waals surface area (Å²) < 4.78 is 3.65. The predicted octanol–water partition coefficient (Wildman–Crippen LogP) is 0.746. The molecule has 0 radical (unpaired) electrons. The molecule has 0 bridgehead atoms. The van der Waals surface area contributed by atoms with Crippen LogP contribution in [-0.4, -0.2) is 49.3 Å². The van der Waals surface area contributed by atoms with Crippen molar-refractivity contribution < 1.29 is 4.79 Å². The average molecular weight is 335 g/mol. The Hall–Kier alpha value is -1.87. The Bertz CT molecular complexity index is 674. The highest BCUT2D eigenvalue weighted by atomic mass is 32.2. The second kappa shape index (κ2) is 7.14. The summed E-state index contributed by atoms with van der Waals surface area (Å²) in [6, 6.07) is 0. The van der Waals surface area contributed by atoms with E-state index in [9.17, 15) is 4.79 Å². The van der Waals surface area contributed by atoms with Gasteiger partial charge in [0.05, 0.1) is 17.6 Å². The molecule has 1 fully saturated rings. The van der Waals surface area contributed by atoms with E-state index in [1.54, 1.807) is 17.1 Å². The van der Waals surface area contributed by atoms with Crippen LogP contribution < -0.4 is 10.6 Å². The molecule has 2 aromatic rings. The van der Waals surface area contributed by atoms with Gasteiger partial charge >= 0.3 is 0 Å². The van der Waals surface area contributed by atoms with Crippen molar-refractivity contribution in [1.82, 2.24) is 29.9 Å². The lowest BCUT2D eigenvalue weighted by molar-refractivity contribution is -0.113. The number of piperidine rings is 1. The number of hydrogen-bond donors (Lipinski definition) is 2. The van der Waals surface area contributed by atoms with Gasteiger partial charge in [-0.15, -0.1) is 10.2 Å². The Morgan fingerprint density at radius 3 is 3.04 bits per heavy atom. The van der Waals surface area contributed by atoms with E-state index in [1.165, 1.54) is 11.8 Å². The van der Waals surface area contributed by atoms with Gasteiger partial charge < -0.3 is 15.2 Å². The molecule has 8 nitrogen and oxygen atoms in total. The highest BCUT2D eigenvalue weighted by Crippen LogP contribution is 2.24. The zero-order valence-corrected chi connectivity index (χ0v) is 14.1. The van der Waals surface area contributed by atoms with E-state index in [4.69, 9.17) is 0 Å². The van der Waals surface area contributed by atoms with E-state index in [0.717, 1.165) is 36.9 Å². The largest absolute Gasteiger partial charge is 0.323 e. The van der Waals surface area contributed by atoms with Crippen LogP contribution in [0.25, 0.3) is 0 Å². The average Bonchev–Trinajstić information content (AvgIpc) is 3.12. The molecule has 1 aliphatic rings. The molecule has 1 saturated heterocycles. The van der Waals surface area contributed by atoms with Crippen molar-refractivity contribution in [3.63, 3.8) is 0 Å². The van der Waals surface area contributed by atoms with Gasteiger partial charge in [0.1, 0.15) is 5.82 Å². The van der Waals surface area contributed by atoms with Crippen LogP contribution in [0.3, 0.4) is 0 Å². The van der Waals surface area contributed by atoms with Crippen molar-refractivity contribution in [2.75, 3.05) is 24.2 Å². The van der Waals surface area contributed by atoms with Gasteiger partial charge in [-0.3, -0.25) is 9.48 Å². The number of aromatic nitrogens is 5. The van der Waals surface area contributed by atoms with Crippen LogP contribution in [0.1, 0.15) is 24.6 Å². The first-order valence-corrected chi connectivity index (χ1v) is 8.63. The lowest BCUT2D eigenvalue weighted by Crippen LogP contribution is -2.29. The molecule has 0 unspecified atom stereocenters. The van der Waals surface area contributed by atoms with E-state index in [2.05, 4.69) is 25.9 Å². The van der Waals surface area contributed by atoms with Gasteiger partial charge in [-0.1, -0.05) is 11.8 Å². The van der Waals surface area contributed by atoms with E-state index in [1.807, 2.05) is 18.7 Å². The topological polar surface area (TPSA) is 89.7 Å². The molecule has 0 spiro atoms. The lowest BCUT2D eigenvalue weighted by atomic mass is 9.99. The molecule has 0 aliphatic carbocycles. The zero-order chi connectivity index (χ0) is 16.2. The SMILES string of the molecule is Cn1cc(NC(=O)CSc2nnc([C@@H]3CCCNC3)n2C)cn1. The van der Waals surface area contributed by atoms with Crippen LogP contribution in [-0.2, 0) is 18.9 Å². The second-order valence-corrected chi connectivity index (χ2v) is 6.63. The number of carbonyl (C=O) groups excluding carboxylic acids is 1. The molecule has 0 saturated carbocycles. The molecular weight excluding hydrogens is 314 g/mol. The third-order valence-electron chi connectivity index (χ3n) is 3.85. The Kier molecular flexibility index (Phi) is 4.97. The van der Waals surface area contributed by atoms with Gasteiger partial charge in [0, 0.05) is 32.8 Å². The summed E-state index contributed by atoms with van der Waals surface area (Å²) >= 11 is 1.40. The van der Waals surface area contributed by atoms with Crippen molar-refractivity contribution in [1.29, 1.82) is 0 Å². The molecule has 9 heteroatoms. The summed E-state index contributed by atoms with van der Waals surface area (Å²) in [4.78, 5) is 12.0. The van der Waals surface area contributed by atoms with Gasteiger partial charge in [0.2, 0.25) is 5.91 Å². The summed E-state index contributed by atoms with van der Waals surface area (Å²) in [5.41, 5.74) is 0.699. The minimum absolute atomic E-state index is 0.0770. The van der Waals surface area contributed by atoms with Gasteiger partial charge in [-0.25, -0.2) is 0 Å². The number of thioether (sulfide) groups is 1. The minimum atomic E-state index is -0.0770. The first-order valence-electron chi connectivity index (χ1n) is 7.65. The van der Waals surface area contributed by atoms with Gasteiger partial charge in [0.25, 0.3) is 0 Å². The minimum Gasteiger partial charge on any atom is -0.323 e. The van der Waals surface area contributed by atoms with Gasteiger partial charge in [-0.05, 0) is 19.4 Å². The number of anilines is 1. The van der Waals surface area contributed by atoms with Crippen LogP contribution in [0.4, 0.5) is 5.69 Å². The number of carbonyl (C=O) groups is 1. The Morgan fingerprint density at radius 1 is 1.48 bits per heavy atom. The summed E-state index contributed by atoms with van der Waals surface area (Å²) in [5, 5.41) is 19.5. The van der Waals surface area contributed by atoms with E-state index in [0.29, 0.717) is 17.4 Å². The normalized spacial score (nSPS) is 18.1. The second-order valence-electron chi connectivity index (χ2n) is 5.68. The van der Waals surface area contributed by atoms with Crippen LogP contribution in [0.2, 0.25) is 0 Å². The first-order chi connectivity index (χ1) is 11.1. The van der Waals surface area contributed by atoms with E-state index >= 15 is 0 Å².